The molecule has 5 rings (SSSR count). The predicted octanol–water partition coefficient (Wildman–Crippen LogP) is 5.06. The molecule has 4 atom stereocenters. The highest BCUT2D eigenvalue weighted by Crippen LogP contribution is 2.36. The fraction of sp³-hybridized carbons (Fsp3) is 0.462. The maximum Gasteiger partial charge on any atom is 0.271 e. The first-order valence-electron chi connectivity index (χ1n) is 11.6. The number of carbonyl (C=O) groups is 2. The summed E-state index contributed by atoms with van der Waals surface area (Å²) in [4.78, 5) is 29.4. The Kier molecular flexibility index (Phi) is 5.36. The van der Waals surface area contributed by atoms with Crippen molar-refractivity contribution in [3.05, 3.63) is 59.1 Å². The lowest BCUT2D eigenvalue weighted by Crippen LogP contribution is -2.65. The van der Waals surface area contributed by atoms with Gasteiger partial charge in [-0.2, -0.15) is 0 Å². The minimum atomic E-state index is -0.964. The van der Waals surface area contributed by atoms with Crippen LogP contribution >= 0.6 is 11.3 Å². The van der Waals surface area contributed by atoms with Crippen molar-refractivity contribution in [2.24, 2.45) is 11.8 Å². The first-order valence-corrected chi connectivity index (χ1v) is 12.5. The van der Waals surface area contributed by atoms with E-state index >= 15 is 0 Å². The molecule has 1 aliphatic carbocycles. The Bertz CT molecular complexity index is 1150. The third-order valence-electron chi connectivity index (χ3n) is 7.74. The van der Waals surface area contributed by atoms with Gasteiger partial charge in [0, 0.05) is 12.6 Å². The van der Waals surface area contributed by atoms with Crippen molar-refractivity contribution in [1.29, 1.82) is 0 Å². The third kappa shape index (κ3) is 3.45. The van der Waals surface area contributed by atoms with E-state index in [0.29, 0.717) is 30.6 Å². The van der Waals surface area contributed by atoms with E-state index in [2.05, 4.69) is 19.2 Å². The van der Waals surface area contributed by atoms with Crippen LogP contribution in [0.25, 0.3) is 10.2 Å². The summed E-state index contributed by atoms with van der Waals surface area (Å²) >= 11 is 1.63. The number of nitrogens with zero attached hydrogens (tertiary/aromatic N) is 2. The van der Waals surface area contributed by atoms with Crippen molar-refractivity contribution in [1.82, 2.24) is 14.8 Å². The lowest BCUT2D eigenvalue weighted by atomic mass is 9.77. The number of benzene rings is 1. The molecule has 0 bridgehead atoms. The molecule has 3 aromatic rings. The minimum Gasteiger partial charge on any atom is -0.351 e. The maximum absolute atomic E-state index is 13.9. The topological polar surface area (TPSA) is 54.3 Å². The third-order valence-corrected chi connectivity index (χ3v) is 8.60. The molecule has 3 heterocycles. The van der Waals surface area contributed by atoms with Crippen molar-refractivity contribution < 1.29 is 9.59 Å². The molecule has 1 saturated carbocycles. The number of aromatic nitrogens is 1. The fourth-order valence-corrected chi connectivity index (χ4v) is 6.22. The van der Waals surface area contributed by atoms with Crippen molar-refractivity contribution in [2.45, 2.75) is 64.7 Å². The molecular formula is C26H31N3O2S. The molecule has 2 amide bonds. The molecule has 6 heteroatoms. The average Bonchev–Trinajstić information content (AvgIpc) is 3.37. The Hall–Kier alpha value is -2.60. The van der Waals surface area contributed by atoms with E-state index in [1.54, 1.807) is 16.2 Å². The number of hydrogen-bond acceptors (Lipinski definition) is 3. The molecule has 1 N–H and O–H groups in total. The van der Waals surface area contributed by atoms with Gasteiger partial charge in [0.25, 0.3) is 5.91 Å². The highest BCUT2D eigenvalue weighted by molar-refractivity contribution is 7.17. The van der Waals surface area contributed by atoms with E-state index in [0.717, 1.165) is 28.6 Å². The molecule has 5 nitrogen and oxygen atoms in total. The second-order valence-corrected chi connectivity index (χ2v) is 10.7. The van der Waals surface area contributed by atoms with Gasteiger partial charge in [-0.1, -0.05) is 57.0 Å². The Morgan fingerprint density at radius 3 is 2.75 bits per heavy atom. The number of thiophene rings is 1. The quantitative estimate of drug-likeness (QED) is 0.605. The zero-order valence-electron chi connectivity index (χ0n) is 19.0. The number of nitrogens with one attached hydrogen (secondary N) is 1. The van der Waals surface area contributed by atoms with Crippen LogP contribution in [0.3, 0.4) is 0 Å². The molecule has 1 aliphatic heterocycles. The molecule has 0 spiro atoms. The minimum absolute atomic E-state index is 0.0459. The molecule has 1 fully saturated rings. The van der Waals surface area contributed by atoms with Crippen molar-refractivity contribution >= 4 is 33.4 Å². The van der Waals surface area contributed by atoms with Crippen LogP contribution in [0.2, 0.25) is 0 Å². The predicted molar refractivity (Wildman–Crippen MR) is 129 cm³/mol. The van der Waals surface area contributed by atoms with Crippen molar-refractivity contribution in [2.75, 3.05) is 0 Å². The van der Waals surface area contributed by atoms with Gasteiger partial charge in [-0.25, -0.2) is 0 Å². The first kappa shape index (κ1) is 21.3. The maximum atomic E-state index is 13.9. The summed E-state index contributed by atoms with van der Waals surface area (Å²) in [6.45, 7) is 7.32. The highest BCUT2D eigenvalue weighted by atomic mass is 32.1. The summed E-state index contributed by atoms with van der Waals surface area (Å²) in [6.07, 6.45) is 3.35. The molecule has 0 unspecified atom stereocenters. The summed E-state index contributed by atoms with van der Waals surface area (Å²) in [5.41, 5.74) is 1.78. The molecule has 0 radical (unpaired) electrons. The van der Waals surface area contributed by atoms with Gasteiger partial charge in [-0.3, -0.25) is 9.59 Å². The molecule has 168 valence electrons. The van der Waals surface area contributed by atoms with Crippen LogP contribution in [0.1, 0.15) is 56.1 Å². The second-order valence-electron chi connectivity index (χ2n) is 9.78. The van der Waals surface area contributed by atoms with Crippen LogP contribution in [0.15, 0.2) is 47.8 Å². The molecule has 0 saturated heterocycles. The number of hydrogen-bond donors (Lipinski definition) is 1. The molecule has 32 heavy (non-hydrogen) atoms. The number of amides is 2. The van der Waals surface area contributed by atoms with Gasteiger partial charge in [0.05, 0.1) is 16.8 Å². The standard InChI is InChI=1S/C26H31N3O2S/c1-17-8-7-11-20(18(17)2)27-25(31)26(3)16-28-21-12-13-32-23(21)14-22(28)24(30)29(26)15-19-9-5-4-6-10-19/h4-6,9-10,12-14,17-18,20H,7-8,11,15-16H2,1-3H3,(H,27,31)/t17-,18-,20+,26+/m1/s1. The zero-order chi connectivity index (χ0) is 22.5. The summed E-state index contributed by atoms with van der Waals surface area (Å²) in [6, 6.07) is 14.1. The summed E-state index contributed by atoms with van der Waals surface area (Å²) < 4.78 is 3.13. The Morgan fingerprint density at radius 1 is 1.19 bits per heavy atom. The van der Waals surface area contributed by atoms with Crippen molar-refractivity contribution in [3.8, 4) is 0 Å². The largest absolute Gasteiger partial charge is 0.351 e. The van der Waals surface area contributed by atoms with Gasteiger partial charge in [-0.15, -0.1) is 11.3 Å². The highest BCUT2D eigenvalue weighted by Gasteiger charge is 2.48. The average molecular weight is 450 g/mol. The van der Waals surface area contributed by atoms with Gasteiger partial charge in [0.2, 0.25) is 5.91 Å². The van der Waals surface area contributed by atoms with E-state index in [9.17, 15) is 9.59 Å². The van der Waals surface area contributed by atoms with Gasteiger partial charge >= 0.3 is 0 Å². The van der Waals surface area contributed by atoms with Crippen molar-refractivity contribution in [3.63, 3.8) is 0 Å². The van der Waals surface area contributed by atoms with Gasteiger partial charge < -0.3 is 14.8 Å². The Balaban J connectivity index is 1.52. The smallest absolute Gasteiger partial charge is 0.271 e. The molecule has 2 aromatic heterocycles. The second kappa shape index (κ2) is 8.07. The van der Waals surface area contributed by atoms with Crippen LogP contribution in [-0.4, -0.2) is 32.9 Å². The summed E-state index contributed by atoms with van der Waals surface area (Å²) in [5.74, 6) is 0.905. The van der Waals surface area contributed by atoms with Crippen LogP contribution in [-0.2, 0) is 17.9 Å². The zero-order valence-corrected chi connectivity index (χ0v) is 19.8. The normalized spacial score (nSPS) is 28.0. The number of rotatable bonds is 4. The van der Waals surface area contributed by atoms with Gasteiger partial charge in [0.15, 0.2) is 0 Å². The van der Waals surface area contributed by atoms with E-state index in [1.165, 1.54) is 6.42 Å². The monoisotopic (exact) mass is 449 g/mol. The van der Waals surface area contributed by atoms with Crippen LogP contribution in [0.5, 0.6) is 0 Å². The molecule has 1 aromatic carbocycles. The Morgan fingerprint density at radius 2 is 1.97 bits per heavy atom. The summed E-state index contributed by atoms with van der Waals surface area (Å²) in [5, 5.41) is 5.41. The van der Waals surface area contributed by atoms with Gasteiger partial charge in [0.1, 0.15) is 11.2 Å². The van der Waals surface area contributed by atoms with E-state index in [-0.39, 0.29) is 17.9 Å². The summed E-state index contributed by atoms with van der Waals surface area (Å²) in [7, 11) is 0. The van der Waals surface area contributed by atoms with E-state index in [4.69, 9.17) is 0 Å². The SMILES string of the molecule is C[C@@H]1[C@H](C)CCC[C@@H]1NC(=O)[C@]1(C)Cn2c(cc3sccc32)C(=O)N1Cc1ccccc1. The van der Waals surface area contributed by atoms with E-state index < -0.39 is 5.54 Å². The van der Waals surface area contributed by atoms with E-state index in [1.807, 2.05) is 59.3 Å². The van der Waals surface area contributed by atoms with Crippen LogP contribution in [0, 0.1) is 11.8 Å². The first-order chi connectivity index (χ1) is 15.4. The fourth-order valence-electron chi connectivity index (χ4n) is 5.40. The van der Waals surface area contributed by atoms with Crippen LogP contribution in [0.4, 0.5) is 0 Å². The molecule has 2 aliphatic rings. The lowest BCUT2D eigenvalue weighted by molar-refractivity contribution is -0.134. The number of fused-ring (bicyclic) bond motifs is 3. The Labute approximate surface area is 193 Å². The molecular weight excluding hydrogens is 418 g/mol. The lowest BCUT2D eigenvalue weighted by Gasteiger charge is -2.45. The van der Waals surface area contributed by atoms with Gasteiger partial charge in [-0.05, 0) is 48.3 Å². The number of carbonyl (C=O) groups excluding carboxylic acids is 2. The van der Waals surface area contributed by atoms with Crippen LogP contribution < -0.4 is 5.32 Å².